The highest BCUT2D eigenvalue weighted by atomic mass is 32.1. The highest BCUT2D eigenvalue weighted by Gasteiger charge is 2.25. The first kappa shape index (κ1) is 24.9. The zero-order valence-corrected chi connectivity index (χ0v) is 22.2. The number of carbonyl (C=O) groups excluding carboxylic acids is 1. The molecule has 2 aromatic carbocycles. The van der Waals surface area contributed by atoms with Crippen LogP contribution in [-0.2, 0) is 11.3 Å². The molecule has 10 heteroatoms. The smallest absolute Gasteiger partial charge is 0.407 e. The van der Waals surface area contributed by atoms with E-state index in [1.807, 2.05) is 48.1 Å². The number of nitrogens with one attached hydrogen (secondary N) is 3. The fourth-order valence-corrected chi connectivity index (χ4v) is 5.50. The predicted octanol–water partition coefficient (Wildman–Crippen LogP) is 4.66. The summed E-state index contributed by atoms with van der Waals surface area (Å²) in [4.78, 5) is 21.5. The van der Waals surface area contributed by atoms with E-state index in [0.29, 0.717) is 19.5 Å². The van der Waals surface area contributed by atoms with Crippen LogP contribution < -0.4 is 16.0 Å². The molecular weight excluding hydrogens is 510 g/mol. The van der Waals surface area contributed by atoms with Gasteiger partial charge < -0.3 is 15.4 Å². The molecule has 1 aliphatic heterocycles. The number of anilines is 2. The van der Waals surface area contributed by atoms with E-state index >= 15 is 0 Å². The second kappa shape index (κ2) is 11.1. The molecule has 1 amide bonds. The van der Waals surface area contributed by atoms with Gasteiger partial charge in [-0.05, 0) is 36.8 Å². The number of ether oxygens (including phenoxy) is 1. The highest BCUT2D eigenvalue weighted by molar-refractivity contribution is 7.20. The Balaban J connectivity index is 1.16. The normalized spacial score (nSPS) is 16.6. The summed E-state index contributed by atoms with van der Waals surface area (Å²) in [5.74, 6) is 7.26. The lowest BCUT2D eigenvalue weighted by atomic mass is 10.2. The van der Waals surface area contributed by atoms with E-state index < -0.39 is 0 Å². The third-order valence-corrected chi connectivity index (χ3v) is 7.49. The molecule has 0 saturated carbocycles. The maximum Gasteiger partial charge on any atom is 0.407 e. The first-order valence-corrected chi connectivity index (χ1v) is 13.7. The molecule has 6 rings (SSSR count). The fraction of sp³-hybridized carbons (Fsp3) is 0.241. The predicted molar refractivity (Wildman–Crippen MR) is 153 cm³/mol. The van der Waals surface area contributed by atoms with Gasteiger partial charge in [-0.25, -0.2) is 14.8 Å². The number of alkyl carbamates (subject to hydrolysis) is 1. The Labute approximate surface area is 229 Å². The largest absolute Gasteiger partial charge is 0.445 e. The topological polar surface area (TPSA) is 106 Å². The summed E-state index contributed by atoms with van der Waals surface area (Å²) in [5.41, 5.74) is 4.05. The molecule has 196 valence electrons. The number of amides is 1. The van der Waals surface area contributed by atoms with Crippen LogP contribution in [-0.4, -0.2) is 51.1 Å². The van der Waals surface area contributed by atoms with Gasteiger partial charge in [-0.1, -0.05) is 42.2 Å². The molecule has 1 aliphatic rings. The summed E-state index contributed by atoms with van der Waals surface area (Å²) in [5, 5.41) is 15.1. The second-order valence-corrected chi connectivity index (χ2v) is 10.3. The number of rotatable bonds is 6. The highest BCUT2D eigenvalue weighted by Crippen LogP contribution is 2.31. The summed E-state index contributed by atoms with van der Waals surface area (Å²) >= 11 is 1.55. The van der Waals surface area contributed by atoms with Crippen LogP contribution >= 0.6 is 11.3 Å². The van der Waals surface area contributed by atoms with E-state index in [4.69, 9.17) is 4.74 Å². The standard InChI is InChI=1S/C29H27N7O2S/c1-2-30-29(37)38-23-13-21(31-16-23)8-10-24-14-25-27(39-24)28(33-18-32-25)35-22-9-11-26-20(12-22)15-34-36(26)17-19-6-4-3-5-7-19/h3-7,9,11-12,14-15,18,21,23,31H,2,13,16-17H2,1H3,(H,30,37)(H,32,33,35)/t21-,23+/m1/s1. The zero-order chi connectivity index (χ0) is 26.6. The minimum absolute atomic E-state index is 0.0344. The summed E-state index contributed by atoms with van der Waals surface area (Å²) in [6, 6.07) is 18.5. The fourth-order valence-electron chi connectivity index (χ4n) is 4.59. The molecule has 3 aromatic heterocycles. The zero-order valence-electron chi connectivity index (χ0n) is 21.3. The summed E-state index contributed by atoms with van der Waals surface area (Å²) < 4.78 is 8.35. The molecule has 9 nitrogen and oxygen atoms in total. The molecule has 1 fully saturated rings. The van der Waals surface area contributed by atoms with Crippen LogP contribution in [0.25, 0.3) is 21.1 Å². The van der Waals surface area contributed by atoms with E-state index in [1.54, 1.807) is 17.7 Å². The number of hydrogen-bond acceptors (Lipinski definition) is 8. The molecule has 3 N–H and O–H groups in total. The molecule has 0 radical (unpaired) electrons. The van der Waals surface area contributed by atoms with E-state index in [1.165, 1.54) is 5.56 Å². The molecule has 4 heterocycles. The van der Waals surface area contributed by atoms with Crippen molar-refractivity contribution in [1.29, 1.82) is 0 Å². The van der Waals surface area contributed by atoms with Gasteiger partial charge in [-0.15, -0.1) is 11.3 Å². The van der Waals surface area contributed by atoms with Crippen molar-refractivity contribution in [3.8, 4) is 11.8 Å². The lowest BCUT2D eigenvalue weighted by Gasteiger charge is -2.10. The maximum atomic E-state index is 11.7. The molecule has 5 aromatic rings. The van der Waals surface area contributed by atoms with E-state index in [0.717, 1.165) is 44.0 Å². The molecule has 0 unspecified atom stereocenters. The van der Waals surface area contributed by atoms with Crippen molar-refractivity contribution in [2.24, 2.45) is 0 Å². The monoisotopic (exact) mass is 537 g/mol. The van der Waals surface area contributed by atoms with Gasteiger partial charge in [0.15, 0.2) is 5.82 Å². The molecule has 0 spiro atoms. The number of aromatic nitrogens is 4. The lowest BCUT2D eigenvalue weighted by molar-refractivity contribution is 0.107. The number of hydrogen-bond donors (Lipinski definition) is 3. The molecule has 2 atom stereocenters. The molecule has 1 saturated heterocycles. The van der Waals surface area contributed by atoms with Crippen molar-refractivity contribution >= 4 is 50.1 Å². The van der Waals surface area contributed by atoms with Gasteiger partial charge in [0.05, 0.1) is 39.4 Å². The van der Waals surface area contributed by atoms with Crippen molar-refractivity contribution in [3.05, 3.63) is 77.6 Å². The second-order valence-electron chi connectivity index (χ2n) is 9.26. The Morgan fingerprint density at radius 1 is 1.21 bits per heavy atom. The van der Waals surface area contributed by atoms with Gasteiger partial charge in [0, 0.05) is 30.6 Å². The average Bonchev–Trinajstić information content (AvgIpc) is 3.67. The van der Waals surface area contributed by atoms with E-state index in [2.05, 4.69) is 67.1 Å². The summed E-state index contributed by atoms with van der Waals surface area (Å²) in [6.07, 6.45) is 3.54. The Hall–Kier alpha value is -4.46. The van der Waals surface area contributed by atoms with Crippen LogP contribution in [0.5, 0.6) is 0 Å². The third-order valence-electron chi connectivity index (χ3n) is 6.45. The average molecular weight is 538 g/mol. The Morgan fingerprint density at radius 3 is 2.97 bits per heavy atom. The summed E-state index contributed by atoms with van der Waals surface area (Å²) in [7, 11) is 0. The number of nitrogens with zero attached hydrogens (tertiary/aromatic N) is 4. The van der Waals surface area contributed by atoms with Crippen LogP contribution in [0.1, 0.15) is 23.8 Å². The minimum atomic E-state index is -0.388. The minimum Gasteiger partial charge on any atom is -0.445 e. The maximum absolute atomic E-state index is 11.7. The lowest BCUT2D eigenvalue weighted by Crippen LogP contribution is -2.29. The van der Waals surface area contributed by atoms with Crippen LogP contribution in [0.2, 0.25) is 0 Å². The van der Waals surface area contributed by atoms with Gasteiger partial charge in [0.2, 0.25) is 0 Å². The Kier molecular flexibility index (Phi) is 7.08. The molecule has 0 aliphatic carbocycles. The van der Waals surface area contributed by atoms with Crippen LogP contribution in [0.3, 0.4) is 0 Å². The van der Waals surface area contributed by atoms with Crippen LogP contribution in [0.4, 0.5) is 16.3 Å². The molecule has 0 bridgehead atoms. The van der Waals surface area contributed by atoms with Gasteiger partial charge >= 0.3 is 6.09 Å². The number of fused-ring (bicyclic) bond motifs is 2. The van der Waals surface area contributed by atoms with Crippen molar-refractivity contribution in [2.45, 2.75) is 32.0 Å². The first-order valence-electron chi connectivity index (χ1n) is 12.8. The van der Waals surface area contributed by atoms with E-state index in [-0.39, 0.29) is 18.2 Å². The number of thiophene rings is 1. The summed E-state index contributed by atoms with van der Waals surface area (Å²) in [6.45, 7) is 3.72. The quantitative estimate of drug-likeness (QED) is 0.271. The van der Waals surface area contributed by atoms with Gasteiger partial charge in [0.1, 0.15) is 12.4 Å². The molecule has 39 heavy (non-hydrogen) atoms. The van der Waals surface area contributed by atoms with Gasteiger partial charge in [-0.2, -0.15) is 5.10 Å². The van der Waals surface area contributed by atoms with Crippen molar-refractivity contribution in [2.75, 3.05) is 18.4 Å². The van der Waals surface area contributed by atoms with Crippen LogP contribution in [0.15, 0.2) is 67.1 Å². The first-order chi connectivity index (χ1) is 19.1. The van der Waals surface area contributed by atoms with Crippen molar-refractivity contribution in [1.82, 2.24) is 30.4 Å². The SMILES string of the molecule is CCNC(=O)O[C@@H]1CN[C@H](C#Cc2cc3ncnc(Nc4ccc5c(cnn5Cc5ccccc5)c4)c3s2)C1. The van der Waals surface area contributed by atoms with Gasteiger partial charge in [-0.3, -0.25) is 10.00 Å². The molecular formula is C29H27N7O2S. The number of carbonyl (C=O) groups is 1. The van der Waals surface area contributed by atoms with Gasteiger partial charge in [0.25, 0.3) is 0 Å². The Morgan fingerprint density at radius 2 is 2.10 bits per heavy atom. The van der Waals surface area contributed by atoms with Crippen LogP contribution in [0, 0.1) is 11.8 Å². The van der Waals surface area contributed by atoms with Crippen molar-refractivity contribution < 1.29 is 9.53 Å². The van der Waals surface area contributed by atoms with E-state index in [9.17, 15) is 4.79 Å². The number of benzene rings is 2. The third kappa shape index (κ3) is 5.70. The van der Waals surface area contributed by atoms with Crippen molar-refractivity contribution in [3.63, 3.8) is 0 Å². The Bertz CT molecular complexity index is 1690.